The lowest BCUT2D eigenvalue weighted by atomic mass is 10.0. The Labute approximate surface area is 167 Å². The molecule has 28 heavy (non-hydrogen) atoms. The van der Waals surface area contributed by atoms with Crippen LogP contribution >= 0.6 is 11.6 Å². The third-order valence-electron chi connectivity index (χ3n) is 5.09. The molecule has 5 nitrogen and oxygen atoms in total. The maximum Gasteiger partial charge on any atom is 0.138 e. The zero-order valence-electron chi connectivity index (χ0n) is 15.5. The van der Waals surface area contributed by atoms with Gasteiger partial charge in [-0.2, -0.15) is 0 Å². The molecular weight excluding hydrogens is 372 g/mol. The summed E-state index contributed by atoms with van der Waals surface area (Å²) in [5, 5.41) is 0.574. The number of aromatic nitrogens is 4. The van der Waals surface area contributed by atoms with Gasteiger partial charge in [0.15, 0.2) is 0 Å². The van der Waals surface area contributed by atoms with Crippen LogP contribution in [0.1, 0.15) is 17.0 Å². The molecule has 0 amide bonds. The second-order valence-corrected chi connectivity index (χ2v) is 7.19. The highest BCUT2D eigenvalue weighted by Gasteiger charge is 2.20. The number of imidazole rings is 1. The fraction of sp³-hybridized carbons (Fsp3) is 0.136. The summed E-state index contributed by atoms with van der Waals surface area (Å²) in [6.45, 7) is 0. The molecule has 0 saturated carbocycles. The van der Waals surface area contributed by atoms with Crippen molar-refractivity contribution < 1.29 is 4.74 Å². The van der Waals surface area contributed by atoms with Crippen LogP contribution in [0.4, 0.5) is 0 Å². The number of nitrogens with zero attached hydrogens (tertiary/aromatic N) is 4. The average molecular weight is 389 g/mol. The lowest BCUT2D eigenvalue weighted by molar-refractivity contribution is 0.415. The number of rotatable bonds is 3. The molecule has 2 aromatic heterocycles. The van der Waals surface area contributed by atoms with Crippen LogP contribution in [0.3, 0.4) is 0 Å². The number of hydrogen-bond donors (Lipinski definition) is 0. The smallest absolute Gasteiger partial charge is 0.138 e. The number of fused-ring (bicyclic) bond motifs is 2. The van der Waals surface area contributed by atoms with E-state index >= 15 is 0 Å². The first-order valence-electron chi connectivity index (χ1n) is 8.96. The number of ether oxygens (including phenoxy) is 1. The first-order valence-corrected chi connectivity index (χ1v) is 9.33. The van der Waals surface area contributed by atoms with E-state index in [2.05, 4.69) is 28.2 Å². The van der Waals surface area contributed by atoms with Crippen LogP contribution in [0, 0.1) is 0 Å². The summed E-state index contributed by atoms with van der Waals surface area (Å²) < 4.78 is 7.36. The minimum absolute atomic E-state index is 0.574. The molecule has 0 bridgehead atoms. The lowest BCUT2D eigenvalue weighted by Crippen LogP contribution is -1.98. The van der Waals surface area contributed by atoms with Crippen molar-refractivity contribution >= 4 is 28.2 Å². The highest BCUT2D eigenvalue weighted by Crippen LogP contribution is 2.34. The molecule has 6 heteroatoms. The van der Waals surface area contributed by atoms with Crippen molar-refractivity contribution in [3.05, 3.63) is 77.0 Å². The number of benzene rings is 2. The Bertz CT molecular complexity index is 1260. The summed E-state index contributed by atoms with van der Waals surface area (Å²) in [6, 6.07) is 11.9. The van der Waals surface area contributed by atoms with Gasteiger partial charge in [0.25, 0.3) is 0 Å². The molecule has 138 valence electrons. The first-order chi connectivity index (χ1) is 13.6. The molecule has 0 N–H and O–H groups in total. The van der Waals surface area contributed by atoms with Crippen LogP contribution in [0.5, 0.6) is 5.75 Å². The van der Waals surface area contributed by atoms with Crippen LogP contribution in [-0.4, -0.2) is 26.6 Å². The molecule has 0 fully saturated rings. The van der Waals surface area contributed by atoms with Gasteiger partial charge in [-0.15, -0.1) is 0 Å². The average Bonchev–Trinajstić information content (AvgIpc) is 3.31. The minimum Gasteiger partial charge on any atom is -0.495 e. The molecule has 0 spiro atoms. The molecule has 0 saturated heterocycles. The van der Waals surface area contributed by atoms with E-state index in [0.29, 0.717) is 10.8 Å². The Kier molecular flexibility index (Phi) is 3.91. The normalized spacial score (nSPS) is 12.9. The first kappa shape index (κ1) is 17.0. The molecule has 0 radical (unpaired) electrons. The predicted octanol–water partition coefficient (Wildman–Crippen LogP) is 4.68. The van der Waals surface area contributed by atoms with Gasteiger partial charge >= 0.3 is 0 Å². The largest absolute Gasteiger partial charge is 0.495 e. The SMILES string of the molecule is COc1cc(-c2cnc3c(n2)C(c2ccc4ncn(C)c4c2)=CC3)ccc1Cl. The molecule has 2 heterocycles. The van der Waals surface area contributed by atoms with Crippen molar-refractivity contribution in [1.29, 1.82) is 0 Å². The van der Waals surface area contributed by atoms with Gasteiger partial charge in [0.2, 0.25) is 0 Å². The highest BCUT2D eigenvalue weighted by atomic mass is 35.5. The quantitative estimate of drug-likeness (QED) is 0.511. The van der Waals surface area contributed by atoms with E-state index in [1.54, 1.807) is 7.11 Å². The van der Waals surface area contributed by atoms with Crippen molar-refractivity contribution in [3.63, 3.8) is 0 Å². The summed E-state index contributed by atoms with van der Waals surface area (Å²) >= 11 is 6.15. The molecule has 0 unspecified atom stereocenters. The standard InChI is InChI=1S/C22H17ClN4O/c1-27-12-25-17-7-4-13(9-20(17)27)15-5-8-18-22(15)26-19(11-24-18)14-3-6-16(23)21(10-14)28-2/h3-7,9-12H,8H2,1-2H3. The maximum absolute atomic E-state index is 6.15. The Morgan fingerprint density at radius 3 is 2.79 bits per heavy atom. The van der Waals surface area contributed by atoms with Crippen LogP contribution in [-0.2, 0) is 13.5 Å². The molecular formula is C22H17ClN4O. The number of allylic oxidation sites excluding steroid dienone is 1. The molecule has 0 atom stereocenters. The summed E-state index contributed by atoms with van der Waals surface area (Å²) in [5.74, 6) is 0.624. The monoisotopic (exact) mass is 388 g/mol. The zero-order chi connectivity index (χ0) is 19.3. The molecule has 1 aliphatic carbocycles. The van der Waals surface area contributed by atoms with E-state index < -0.39 is 0 Å². The Hall–Kier alpha value is -3.18. The van der Waals surface area contributed by atoms with Crippen molar-refractivity contribution in [2.45, 2.75) is 6.42 Å². The maximum atomic E-state index is 6.15. The summed E-state index contributed by atoms with van der Waals surface area (Å²) in [6.07, 6.45) is 6.61. The van der Waals surface area contributed by atoms with Crippen LogP contribution < -0.4 is 4.74 Å². The zero-order valence-corrected chi connectivity index (χ0v) is 16.2. The molecule has 1 aliphatic rings. The van der Waals surface area contributed by atoms with Gasteiger partial charge in [-0.25, -0.2) is 9.97 Å². The van der Waals surface area contributed by atoms with E-state index in [0.717, 1.165) is 51.2 Å². The van der Waals surface area contributed by atoms with E-state index in [4.69, 9.17) is 21.3 Å². The highest BCUT2D eigenvalue weighted by molar-refractivity contribution is 6.32. The Morgan fingerprint density at radius 2 is 1.93 bits per heavy atom. The van der Waals surface area contributed by atoms with E-state index in [1.807, 2.05) is 48.4 Å². The van der Waals surface area contributed by atoms with Gasteiger partial charge < -0.3 is 9.30 Å². The Balaban J connectivity index is 1.59. The molecule has 0 aliphatic heterocycles. The second-order valence-electron chi connectivity index (χ2n) is 6.78. The fourth-order valence-electron chi connectivity index (χ4n) is 3.58. The molecule has 4 aromatic rings. The Morgan fingerprint density at radius 1 is 1.07 bits per heavy atom. The van der Waals surface area contributed by atoms with Crippen molar-refractivity contribution in [2.24, 2.45) is 7.05 Å². The third kappa shape index (κ3) is 2.67. The van der Waals surface area contributed by atoms with E-state index in [1.165, 1.54) is 0 Å². The van der Waals surface area contributed by atoms with Gasteiger partial charge in [0.1, 0.15) is 5.75 Å². The van der Waals surface area contributed by atoms with Crippen LogP contribution in [0.25, 0.3) is 27.9 Å². The van der Waals surface area contributed by atoms with Gasteiger partial charge in [0, 0.05) is 24.6 Å². The summed E-state index contributed by atoms with van der Waals surface area (Å²) in [5.41, 5.74) is 7.94. The van der Waals surface area contributed by atoms with Crippen LogP contribution in [0.2, 0.25) is 5.02 Å². The predicted molar refractivity (Wildman–Crippen MR) is 111 cm³/mol. The number of methoxy groups -OCH3 is 1. The number of hydrogen-bond acceptors (Lipinski definition) is 4. The second kappa shape index (κ2) is 6.46. The summed E-state index contributed by atoms with van der Waals surface area (Å²) in [7, 11) is 3.61. The fourth-order valence-corrected chi connectivity index (χ4v) is 3.78. The van der Waals surface area contributed by atoms with Crippen LogP contribution in [0.15, 0.2) is 55.0 Å². The topological polar surface area (TPSA) is 52.8 Å². The van der Waals surface area contributed by atoms with Gasteiger partial charge in [0.05, 0.1) is 52.8 Å². The molecule has 2 aromatic carbocycles. The van der Waals surface area contributed by atoms with Gasteiger partial charge in [-0.3, -0.25) is 4.98 Å². The molecule has 5 rings (SSSR count). The third-order valence-corrected chi connectivity index (χ3v) is 5.40. The van der Waals surface area contributed by atoms with Gasteiger partial charge in [-0.05, 0) is 29.8 Å². The van der Waals surface area contributed by atoms with Crippen molar-refractivity contribution in [2.75, 3.05) is 7.11 Å². The minimum atomic E-state index is 0.574. The lowest BCUT2D eigenvalue weighted by Gasteiger charge is -2.10. The number of aryl methyl sites for hydroxylation is 1. The van der Waals surface area contributed by atoms with E-state index in [9.17, 15) is 0 Å². The number of halogens is 1. The summed E-state index contributed by atoms with van der Waals surface area (Å²) in [4.78, 5) is 14.0. The van der Waals surface area contributed by atoms with Gasteiger partial charge in [-0.1, -0.05) is 29.8 Å². The van der Waals surface area contributed by atoms with E-state index in [-0.39, 0.29) is 0 Å². The van der Waals surface area contributed by atoms with Crippen molar-refractivity contribution in [3.8, 4) is 17.0 Å². The van der Waals surface area contributed by atoms with Crippen molar-refractivity contribution in [1.82, 2.24) is 19.5 Å².